The van der Waals surface area contributed by atoms with Gasteiger partial charge in [-0.3, -0.25) is 4.99 Å². The topological polar surface area (TPSA) is 67.8 Å². The third-order valence-electron chi connectivity index (χ3n) is 5.24. The number of nitrogens with zero attached hydrogens (tertiary/aromatic N) is 2. The number of nitrogens with one attached hydrogen (secondary N) is 2. The molecule has 1 heterocycles. The van der Waals surface area contributed by atoms with Crippen LogP contribution in [0.25, 0.3) is 0 Å². The quantitative estimate of drug-likeness (QED) is 0.289. The Labute approximate surface area is 200 Å². The molecule has 0 spiro atoms. The first kappa shape index (κ1) is 24.7. The molecule has 0 bridgehead atoms. The van der Waals surface area contributed by atoms with Crippen LogP contribution in [0.2, 0.25) is 0 Å². The predicted molar refractivity (Wildman–Crippen MR) is 135 cm³/mol. The summed E-state index contributed by atoms with van der Waals surface area (Å²) in [5.74, 6) is 2.40. The summed E-state index contributed by atoms with van der Waals surface area (Å²) in [6, 6.07) is 6.04. The number of aromatic nitrogens is 1. The van der Waals surface area contributed by atoms with Gasteiger partial charge in [-0.15, -0.1) is 35.3 Å². The van der Waals surface area contributed by atoms with Crippen molar-refractivity contribution in [2.24, 2.45) is 4.99 Å². The van der Waals surface area contributed by atoms with Crippen LogP contribution in [0.4, 0.5) is 0 Å². The number of methoxy groups -OCH3 is 1. The highest BCUT2D eigenvalue weighted by Crippen LogP contribution is 2.34. The molecule has 0 atom stereocenters. The summed E-state index contributed by atoms with van der Waals surface area (Å²) in [7, 11) is 3.48. The van der Waals surface area contributed by atoms with Crippen LogP contribution in [0.1, 0.15) is 46.8 Å². The highest BCUT2D eigenvalue weighted by atomic mass is 127. The van der Waals surface area contributed by atoms with Gasteiger partial charge in [0.25, 0.3) is 0 Å². The first-order valence-electron chi connectivity index (χ1n) is 10.3. The van der Waals surface area contributed by atoms with Crippen LogP contribution in [-0.4, -0.2) is 37.7 Å². The Hall–Kier alpha value is -1.55. The smallest absolute Gasteiger partial charge is 0.191 e. The maximum Gasteiger partial charge on any atom is 0.191 e. The Morgan fingerprint density at radius 3 is 2.63 bits per heavy atom. The fourth-order valence-corrected chi connectivity index (χ4v) is 4.43. The molecule has 166 valence electrons. The van der Waals surface area contributed by atoms with Gasteiger partial charge in [0.15, 0.2) is 17.5 Å². The van der Waals surface area contributed by atoms with Crippen LogP contribution in [0, 0.1) is 13.8 Å². The van der Waals surface area contributed by atoms with Gasteiger partial charge in [-0.05, 0) is 45.6 Å². The Morgan fingerprint density at radius 2 is 2.00 bits per heavy atom. The van der Waals surface area contributed by atoms with Crippen LogP contribution >= 0.6 is 35.3 Å². The summed E-state index contributed by atoms with van der Waals surface area (Å²) in [6.07, 6.45) is 5.88. The lowest BCUT2D eigenvalue weighted by Gasteiger charge is -2.20. The van der Waals surface area contributed by atoms with Crippen LogP contribution in [0.3, 0.4) is 0 Å². The Kier molecular flexibility index (Phi) is 10.2. The number of ether oxygens (including phenoxy) is 2. The van der Waals surface area contributed by atoms with Crippen molar-refractivity contribution < 1.29 is 9.47 Å². The maximum atomic E-state index is 6.31. The Bertz CT molecular complexity index is 815. The van der Waals surface area contributed by atoms with Gasteiger partial charge < -0.3 is 20.1 Å². The first-order chi connectivity index (χ1) is 14.1. The third kappa shape index (κ3) is 6.73. The molecule has 0 amide bonds. The molecule has 3 rings (SSSR count). The fourth-order valence-electron chi connectivity index (χ4n) is 3.50. The number of benzene rings is 1. The molecule has 0 aliphatic heterocycles. The van der Waals surface area contributed by atoms with Gasteiger partial charge in [-0.2, -0.15) is 0 Å². The van der Waals surface area contributed by atoms with Crippen LogP contribution in [0.5, 0.6) is 11.5 Å². The molecule has 0 radical (unpaired) electrons. The molecule has 1 aliphatic rings. The monoisotopic (exact) mass is 544 g/mol. The van der Waals surface area contributed by atoms with E-state index in [-0.39, 0.29) is 30.1 Å². The SMILES string of the molecule is CN=C(NCCc1nc(C)c(C)s1)NCc1cccc(OC)c1OC1CCCC1.I. The summed E-state index contributed by atoms with van der Waals surface area (Å²) in [5.41, 5.74) is 2.20. The van der Waals surface area contributed by atoms with E-state index >= 15 is 0 Å². The number of para-hydroxylation sites is 1. The largest absolute Gasteiger partial charge is 0.493 e. The number of hydrogen-bond donors (Lipinski definition) is 2. The van der Waals surface area contributed by atoms with Crippen molar-refractivity contribution in [1.29, 1.82) is 0 Å². The second-order valence-electron chi connectivity index (χ2n) is 7.32. The normalized spacial score (nSPS) is 14.3. The van der Waals surface area contributed by atoms with Crippen molar-refractivity contribution in [2.45, 2.75) is 58.6 Å². The van der Waals surface area contributed by atoms with Gasteiger partial charge in [-0.25, -0.2) is 4.98 Å². The minimum Gasteiger partial charge on any atom is -0.493 e. The molecule has 8 heteroatoms. The van der Waals surface area contributed by atoms with Crippen molar-refractivity contribution in [3.63, 3.8) is 0 Å². The number of hydrogen-bond acceptors (Lipinski definition) is 5. The van der Waals surface area contributed by atoms with Gasteiger partial charge in [0.2, 0.25) is 0 Å². The van der Waals surface area contributed by atoms with Crippen molar-refractivity contribution in [3.8, 4) is 11.5 Å². The summed E-state index contributed by atoms with van der Waals surface area (Å²) in [6.45, 7) is 5.58. The number of rotatable bonds is 8. The molecule has 1 fully saturated rings. The highest BCUT2D eigenvalue weighted by Gasteiger charge is 2.20. The van der Waals surface area contributed by atoms with Crippen molar-refractivity contribution in [1.82, 2.24) is 15.6 Å². The van der Waals surface area contributed by atoms with Gasteiger partial charge in [0.1, 0.15) is 0 Å². The standard InChI is InChI=1S/C22H32N4O2S.HI/c1-15-16(2)29-20(26-15)12-13-24-22(23-3)25-14-17-8-7-11-19(27-4)21(17)28-18-9-5-6-10-18;/h7-8,11,18H,5-6,9-10,12-14H2,1-4H3,(H2,23,24,25);1H. The summed E-state index contributed by atoms with van der Waals surface area (Å²) in [4.78, 5) is 10.2. The summed E-state index contributed by atoms with van der Waals surface area (Å²) in [5, 5.41) is 7.92. The van der Waals surface area contributed by atoms with Crippen LogP contribution in [0.15, 0.2) is 23.2 Å². The maximum absolute atomic E-state index is 6.31. The molecule has 1 aromatic carbocycles. The molecule has 30 heavy (non-hydrogen) atoms. The molecule has 0 saturated heterocycles. The van der Waals surface area contributed by atoms with E-state index in [1.165, 1.54) is 17.7 Å². The molecular formula is C22H33IN4O2S. The Morgan fingerprint density at radius 1 is 1.23 bits per heavy atom. The fraction of sp³-hybridized carbons (Fsp3) is 0.545. The summed E-state index contributed by atoms with van der Waals surface area (Å²) < 4.78 is 11.9. The number of aryl methyl sites for hydroxylation is 2. The highest BCUT2D eigenvalue weighted by molar-refractivity contribution is 14.0. The van der Waals surface area contributed by atoms with Gasteiger partial charge in [0.05, 0.1) is 23.9 Å². The molecule has 6 nitrogen and oxygen atoms in total. The first-order valence-corrected chi connectivity index (χ1v) is 11.1. The van der Waals surface area contributed by atoms with Gasteiger partial charge in [0, 0.05) is 37.0 Å². The molecule has 2 aromatic rings. The zero-order chi connectivity index (χ0) is 20.6. The average molecular weight is 545 g/mol. The van der Waals surface area contributed by atoms with E-state index < -0.39 is 0 Å². The van der Waals surface area contributed by atoms with E-state index in [2.05, 4.69) is 40.5 Å². The Balaban J connectivity index is 0.00000320. The molecule has 1 aromatic heterocycles. The van der Waals surface area contributed by atoms with E-state index in [1.54, 1.807) is 25.5 Å². The third-order valence-corrected chi connectivity index (χ3v) is 6.37. The van der Waals surface area contributed by atoms with Crippen LogP contribution in [-0.2, 0) is 13.0 Å². The van der Waals surface area contributed by atoms with Gasteiger partial charge >= 0.3 is 0 Å². The lowest BCUT2D eigenvalue weighted by molar-refractivity contribution is 0.198. The van der Waals surface area contributed by atoms with Crippen molar-refractivity contribution >= 4 is 41.3 Å². The minimum atomic E-state index is 0. The minimum absolute atomic E-state index is 0. The average Bonchev–Trinajstić information content (AvgIpc) is 3.35. The molecule has 1 saturated carbocycles. The van der Waals surface area contributed by atoms with E-state index in [1.807, 2.05) is 12.1 Å². The molecular weight excluding hydrogens is 511 g/mol. The van der Waals surface area contributed by atoms with Gasteiger partial charge in [-0.1, -0.05) is 12.1 Å². The predicted octanol–water partition coefficient (Wildman–Crippen LogP) is 4.62. The molecule has 2 N–H and O–H groups in total. The summed E-state index contributed by atoms with van der Waals surface area (Å²) >= 11 is 1.76. The van der Waals surface area contributed by atoms with E-state index in [9.17, 15) is 0 Å². The number of thiazole rings is 1. The molecule has 1 aliphatic carbocycles. The number of guanidine groups is 1. The second kappa shape index (κ2) is 12.3. The van der Waals surface area contributed by atoms with E-state index in [0.717, 1.165) is 59.5 Å². The zero-order valence-corrected chi connectivity index (χ0v) is 21.4. The number of halogens is 1. The lowest BCUT2D eigenvalue weighted by Crippen LogP contribution is -2.38. The number of aliphatic imine (C=N–C) groups is 1. The zero-order valence-electron chi connectivity index (χ0n) is 18.3. The second-order valence-corrected chi connectivity index (χ2v) is 8.61. The van der Waals surface area contributed by atoms with E-state index in [0.29, 0.717) is 6.54 Å². The lowest BCUT2D eigenvalue weighted by atomic mass is 10.1. The van der Waals surface area contributed by atoms with Crippen LogP contribution < -0.4 is 20.1 Å². The van der Waals surface area contributed by atoms with E-state index in [4.69, 9.17) is 9.47 Å². The van der Waals surface area contributed by atoms with Crippen molar-refractivity contribution in [2.75, 3.05) is 20.7 Å². The molecule has 0 unspecified atom stereocenters. The van der Waals surface area contributed by atoms with Crippen molar-refractivity contribution in [3.05, 3.63) is 39.3 Å².